The van der Waals surface area contributed by atoms with Crippen molar-refractivity contribution in [1.29, 1.82) is 0 Å². The molecule has 102 valence electrons. The third-order valence-electron chi connectivity index (χ3n) is 5.40. The topological polar surface area (TPSA) is 20.2 Å². The van der Waals surface area contributed by atoms with Crippen LogP contribution < -0.4 is 0 Å². The maximum absolute atomic E-state index is 9.90. The number of hydrogen-bond donors (Lipinski definition) is 1. The molecule has 1 rings (SSSR count). The van der Waals surface area contributed by atoms with E-state index in [-0.39, 0.29) is 6.10 Å². The van der Waals surface area contributed by atoms with E-state index in [9.17, 15) is 5.11 Å². The first kappa shape index (κ1) is 15.0. The predicted molar refractivity (Wildman–Crippen MR) is 75.0 cm³/mol. The van der Waals surface area contributed by atoms with E-state index in [1.165, 1.54) is 19.3 Å². The van der Waals surface area contributed by atoms with Crippen LogP contribution >= 0.6 is 0 Å². The second-order valence-corrected chi connectivity index (χ2v) is 6.90. The monoisotopic (exact) mass is 240 g/mol. The van der Waals surface area contributed by atoms with Gasteiger partial charge in [0.25, 0.3) is 0 Å². The highest BCUT2D eigenvalue weighted by Crippen LogP contribution is 2.49. The first-order valence-corrected chi connectivity index (χ1v) is 7.57. The molecular formula is C16H32O. The van der Waals surface area contributed by atoms with E-state index in [0.717, 1.165) is 37.0 Å². The van der Waals surface area contributed by atoms with Crippen molar-refractivity contribution in [2.45, 2.75) is 79.2 Å². The average Bonchev–Trinajstić information content (AvgIpc) is 2.24. The fraction of sp³-hybridized carbons (Fsp3) is 1.00. The Kier molecular flexibility index (Phi) is 5.50. The summed E-state index contributed by atoms with van der Waals surface area (Å²) in [5, 5.41) is 9.90. The van der Waals surface area contributed by atoms with Crippen LogP contribution in [0.1, 0.15) is 73.1 Å². The molecular weight excluding hydrogens is 208 g/mol. The van der Waals surface area contributed by atoms with Crippen molar-refractivity contribution in [3.05, 3.63) is 0 Å². The van der Waals surface area contributed by atoms with Crippen LogP contribution in [0.4, 0.5) is 0 Å². The lowest BCUT2D eigenvalue weighted by atomic mass is 9.58. The first-order chi connectivity index (χ1) is 7.89. The second kappa shape index (κ2) is 6.22. The summed E-state index contributed by atoms with van der Waals surface area (Å²) < 4.78 is 0. The van der Waals surface area contributed by atoms with Crippen LogP contribution in [0.25, 0.3) is 0 Å². The first-order valence-electron chi connectivity index (χ1n) is 7.57. The summed E-state index contributed by atoms with van der Waals surface area (Å²) in [5.74, 6) is 2.44. The Morgan fingerprint density at radius 3 is 2.41 bits per heavy atom. The second-order valence-electron chi connectivity index (χ2n) is 6.90. The van der Waals surface area contributed by atoms with E-state index in [0.29, 0.717) is 5.41 Å². The quantitative estimate of drug-likeness (QED) is 0.742. The smallest absolute Gasteiger partial charge is 0.0540 e. The standard InChI is InChI=1S/C16H32O/c1-6-7-14(17)10-11-15-12(2)8-9-13(3)16(15,4)5/h12-15,17H,6-11H2,1-5H3/t12?,13?,14-,15?/m1/s1. The van der Waals surface area contributed by atoms with E-state index in [4.69, 9.17) is 0 Å². The Morgan fingerprint density at radius 2 is 1.82 bits per heavy atom. The fourth-order valence-corrected chi connectivity index (χ4v) is 3.69. The zero-order valence-corrected chi connectivity index (χ0v) is 12.5. The highest BCUT2D eigenvalue weighted by molar-refractivity contribution is 4.90. The Labute approximate surface area is 108 Å². The van der Waals surface area contributed by atoms with E-state index >= 15 is 0 Å². The minimum absolute atomic E-state index is 0.0692. The lowest BCUT2D eigenvalue weighted by molar-refractivity contribution is 0.0117. The molecule has 1 N–H and O–H groups in total. The van der Waals surface area contributed by atoms with E-state index in [1.54, 1.807) is 0 Å². The molecule has 0 spiro atoms. The molecule has 0 aromatic rings. The van der Waals surface area contributed by atoms with Gasteiger partial charge in [0.2, 0.25) is 0 Å². The maximum Gasteiger partial charge on any atom is 0.0540 e. The van der Waals surface area contributed by atoms with Crippen molar-refractivity contribution in [2.24, 2.45) is 23.2 Å². The zero-order valence-electron chi connectivity index (χ0n) is 12.5. The van der Waals surface area contributed by atoms with Gasteiger partial charge in [0.15, 0.2) is 0 Å². The molecule has 0 aromatic carbocycles. The molecule has 0 aromatic heterocycles. The maximum atomic E-state index is 9.90. The summed E-state index contributed by atoms with van der Waals surface area (Å²) in [4.78, 5) is 0. The Bertz CT molecular complexity index is 222. The molecule has 0 radical (unpaired) electrons. The van der Waals surface area contributed by atoms with Crippen molar-refractivity contribution in [1.82, 2.24) is 0 Å². The van der Waals surface area contributed by atoms with Crippen molar-refractivity contribution in [3.63, 3.8) is 0 Å². The van der Waals surface area contributed by atoms with Crippen molar-refractivity contribution in [3.8, 4) is 0 Å². The van der Waals surface area contributed by atoms with Gasteiger partial charge in [-0.2, -0.15) is 0 Å². The van der Waals surface area contributed by atoms with Gasteiger partial charge >= 0.3 is 0 Å². The lowest BCUT2D eigenvalue weighted by Gasteiger charge is -2.48. The highest BCUT2D eigenvalue weighted by atomic mass is 16.3. The molecule has 1 fully saturated rings. The van der Waals surface area contributed by atoms with E-state index < -0.39 is 0 Å². The van der Waals surface area contributed by atoms with Crippen LogP contribution in [-0.2, 0) is 0 Å². The number of aliphatic hydroxyl groups is 1. The Hall–Kier alpha value is -0.0400. The predicted octanol–water partition coefficient (Wildman–Crippen LogP) is 4.64. The van der Waals surface area contributed by atoms with Gasteiger partial charge in [-0.1, -0.05) is 47.5 Å². The number of aliphatic hydroxyl groups excluding tert-OH is 1. The number of hydrogen-bond acceptors (Lipinski definition) is 1. The van der Waals surface area contributed by atoms with E-state index in [2.05, 4.69) is 34.6 Å². The Balaban J connectivity index is 2.53. The third-order valence-corrected chi connectivity index (χ3v) is 5.40. The summed E-state index contributed by atoms with van der Waals surface area (Å²) >= 11 is 0. The third kappa shape index (κ3) is 3.71. The van der Waals surface area contributed by atoms with Crippen LogP contribution in [0.15, 0.2) is 0 Å². The van der Waals surface area contributed by atoms with Crippen LogP contribution in [-0.4, -0.2) is 11.2 Å². The molecule has 1 aliphatic rings. The van der Waals surface area contributed by atoms with E-state index in [1.807, 2.05) is 0 Å². The summed E-state index contributed by atoms with van der Waals surface area (Å²) in [6, 6.07) is 0. The summed E-state index contributed by atoms with van der Waals surface area (Å²) in [6.07, 6.45) is 6.96. The fourth-order valence-electron chi connectivity index (χ4n) is 3.69. The van der Waals surface area contributed by atoms with Gasteiger partial charge in [-0.15, -0.1) is 0 Å². The zero-order chi connectivity index (χ0) is 13.1. The van der Waals surface area contributed by atoms with Gasteiger partial charge in [0.05, 0.1) is 6.10 Å². The molecule has 0 bridgehead atoms. The average molecular weight is 240 g/mol. The molecule has 4 atom stereocenters. The normalized spacial score (nSPS) is 34.6. The van der Waals surface area contributed by atoms with Crippen molar-refractivity contribution in [2.75, 3.05) is 0 Å². The van der Waals surface area contributed by atoms with Crippen molar-refractivity contribution >= 4 is 0 Å². The highest BCUT2D eigenvalue weighted by Gasteiger charge is 2.41. The van der Waals surface area contributed by atoms with Crippen LogP contribution in [0.2, 0.25) is 0 Å². The summed E-state index contributed by atoms with van der Waals surface area (Å²) in [5.41, 5.74) is 0.448. The SMILES string of the molecule is CCC[C@@H](O)CCC1C(C)CCC(C)C1(C)C. The Morgan fingerprint density at radius 1 is 1.18 bits per heavy atom. The van der Waals surface area contributed by atoms with Crippen LogP contribution in [0.3, 0.4) is 0 Å². The molecule has 1 heteroatoms. The molecule has 1 nitrogen and oxygen atoms in total. The van der Waals surface area contributed by atoms with Crippen molar-refractivity contribution < 1.29 is 5.11 Å². The van der Waals surface area contributed by atoms with Gasteiger partial charge < -0.3 is 5.11 Å². The molecule has 0 aliphatic heterocycles. The molecule has 1 saturated carbocycles. The molecule has 0 amide bonds. The molecule has 3 unspecified atom stereocenters. The summed E-state index contributed by atoms with van der Waals surface area (Å²) in [7, 11) is 0. The number of rotatable bonds is 5. The van der Waals surface area contributed by atoms with Gasteiger partial charge in [0, 0.05) is 0 Å². The molecule has 0 saturated heterocycles. The van der Waals surface area contributed by atoms with Crippen LogP contribution in [0, 0.1) is 23.2 Å². The van der Waals surface area contributed by atoms with Gasteiger partial charge in [-0.3, -0.25) is 0 Å². The molecule has 1 aliphatic carbocycles. The van der Waals surface area contributed by atoms with Gasteiger partial charge in [0.1, 0.15) is 0 Å². The minimum atomic E-state index is -0.0692. The largest absolute Gasteiger partial charge is 0.393 e. The minimum Gasteiger partial charge on any atom is -0.393 e. The lowest BCUT2D eigenvalue weighted by Crippen LogP contribution is -2.39. The summed E-state index contributed by atoms with van der Waals surface area (Å²) in [6.45, 7) is 11.8. The van der Waals surface area contributed by atoms with Gasteiger partial charge in [-0.05, 0) is 48.9 Å². The van der Waals surface area contributed by atoms with Gasteiger partial charge in [-0.25, -0.2) is 0 Å². The molecule has 0 heterocycles. The van der Waals surface area contributed by atoms with Crippen LogP contribution in [0.5, 0.6) is 0 Å². The molecule has 17 heavy (non-hydrogen) atoms.